The Hall–Kier alpha value is -1.04. The summed E-state index contributed by atoms with van der Waals surface area (Å²) in [5, 5.41) is 11.8. The van der Waals surface area contributed by atoms with Crippen molar-refractivity contribution in [2.75, 3.05) is 0 Å². The number of carbonyl (C=O) groups excluding carboxylic acids is 1. The average Bonchev–Trinajstić information content (AvgIpc) is 2.99. The average molecular weight is 192 g/mol. The second-order valence-electron chi connectivity index (χ2n) is 4.75. The van der Waals surface area contributed by atoms with Crippen LogP contribution in [0.1, 0.15) is 39.0 Å². The van der Waals surface area contributed by atoms with E-state index < -0.39 is 5.41 Å². The normalized spacial score (nSPS) is 24.9. The second kappa shape index (κ2) is 3.27. The highest BCUT2D eigenvalue weighted by Crippen LogP contribution is 2.45. The van der Waals surface area contributed by atoms with Gasteiger partial charge in [-0.2, -0.15) is 5.26 Å². The molecule has 0 aromatic carbocycles. The predicted molar refractivity (Wildman–Crippen MR) is 52.2 cm³/mol. The van der Waals surface area contributed by atoms with Gasteiger partial charge in [-0.05, 0) is 32.1 Å². The Balaban J connectivity index is 1.79. The number of rotatable bonds is 4. The molecule has 0 spiro atoms. The minimum absolute atomic E-state index is 0.0480. The lowest BCUT2D eigenvalue weighted by Crippen LogP contribution is -2.38. The molecule has 0 bridgehead atoms. The summed E-state index contributed by atoms with van der Waals surface area (Å²) in [6.45, 7) is 2.03. The van der Waals surface area contributed by atoms with Crippen molar-refractivity contribution in [1.29, 1.82) is 5.26 Å². The Bertz CT molecular complexity index is 284. The van der Waals surface area contributed by atoms with E-state index in [2.05, 4.69) is 11.4 Å². The van der Waals surface area contributed by atoms with Crippen LogP contribution in [0, 0.1) is 22.7 Å². The van der Waals surface area contributed by atoms with Gasteiger partial charge < -0.3 is 5.32 Å². The summed E-state index contributed by atoms with van der Waals surface area (Å²) in [5.74, 6) is 0.774. The molecule has 1 atom stereocenters. The van der Waals surface area contributed by atoms with Crippen molar-refractivity contribution >= 4 is 5.91 Å². The van der Waals surface area contributed by atoms with Crippen LogP contribution in [0.2, 0.25) is 0 Å². The molecule has 3 heteroatoms. The van der Waals surface area contributed by atoms with E-state index in [1.54, 1.807) is 0 Å². The van der Waals surface area contributed by atoms with Gasteiger partial charge in [0.15, 0.2) is 0 Å². The summed E-state index contributed by atoms with van der Waals surface area (Å²) in [6, 6.07) is 2.35. The van der Waals surface area contributed by atoms with Gasteiger partial charge in [-0.15, -0.1) is 0 Å². The van der Waals surface area contributed by atoms with E-state index in [-0.39, 0.29) is 11.9 Å². The molecule has 0 radical (unpaired) electrons. The first-order valence-electron chi connectivity index (χ1n) is 5.38. The molecule has 0 aromatic heterocycles. The van der Waals surface area contributed by atoms with E-state index in [1.165, 1.54) is 12.8 Å². The van der Waals surface area contributed by atoms with Crippen LogP contribution in [0.4, 0.5) is 0 Å². The molecular formula is C11H16N2O. The Morgan fingerprint density at radius 3 is 2.71 bits per heavy atom. The molecule has 0 saturated heterocycles. The third kappa shape index (κ3) is 1.89. The van der Waals surface area contributed by atoms with Crippen LogP contribution in [-0.2, 0) is 4.79 Å². The number of nitrogens with one attached hydrogen (secondary N) is 1. The maximum Gasteiger partial charge on any atom is 0.240 e. The highest BCUT2D eigenvalue weighted by molar-refractivity contribution is 5.88. The summed E-state index contributed by atoms with van der Waals surface area (Å²) >= 11 is 0. The van der Waals surface area contributed by atoms with Gasteiger partial charge in [0.2, 0.25) is 5.91 Å². The number of nitrogens with zero attached hydrogens (tertiary/aromatic N) is 1. The van der Waals surface area contributed by atoms with Crippen LogP contribution in [-0.4, -0.2) is 11.9 Å². The number of amides is 1. The van der Waals surface area contributed by atoms with Gasteiger partial charge in [-0.3, -0.25) is 4.79 Å². The molecule has 14 heavy (non-hydrogen) atoms. The maximum absolute atomic E-state index is 11.6. The number of nitriles is 1. The van der Waals surface area contributed by atoms with E-state index in [4.69, 9.17) is 5.26 Å². The van der Waals surface area contributed by atoms with Gasteiger partial charge in [0.25, 0.3) is 0 Å². The zero-order valence-corrected chi connectivity index (χ0v) is 8.55. The fourth-order valence-corrected chi connectivity index (χ4v) is 1.79. The first-order chi connectivity index (χ1) is 6.66. The first kappa shape index (κ1) is 9.51. The van der Waals surface area contributed by atoms with E-state index in [1.807, 2.05) is 6.92 Å². The predicted octanol–water partition coefficient (Wildman–Crippen LogP) is 1.59. The quantitative estimate of drug-likeness (QED) is 0.735. The number of hydrogen-bond donors (Lipinski definition) is 1. The third-order valence-corrected chi connectivity index (χ3v) is 3.16. The molecule has 0 aliphatic heterocycles. The second-order valence-corrected chi connectivity index (χ2v) is 4.75. The molecule has 76 valence electrons. The fraction of sp³-hybridized carbons (Fsp3) is 0.818. The molecule has 2 fully saturated rings. The largest absolute Gasteiger partial charge is 0.352 e. The van der Waals surface area contributed by atoms with Gasteiger partial charge in [-0.25, -0.2) is 0 Å². The zero-order valence-electron chi connectivity index (χ0n) is 8.55. The first-order valence-corrected chi connectivity index (χ1v) is 5.38. The van der Waals surface area contributed by atoms with Crippen molar-refractivity contribution in [2.45, 2.75) is 45.1 Å². The minimum Gasteiger partial charge on any atom is -0.352 e. The smallest absolute Gasteiger partial charge is 0.240 e. The van der Waals surface area contributed by atoms with Crippen LogP contribution in [0.3, 0.4) is 0 Å². The molecular weight excluding hydrogens is 176 g/mol. The van der Waals surface area contributed by atoms with Crippen molar-refractivity contribution in [3.8, 4) is 6.07 Å². The van der Waals surface area contributed by atoms with Gasteiger partial charge in [0.05, 0.1) is 6.07 Å². The molecule has 0 heterocycles. The standard InChI is InChI=1S/C11H16N2O/c1-8(6-9-2-3-9)13-10(14)11(7-12)4-5-11/h8-9H,2-6H2,1H3,(H,13,14). The lowest BCUT2D eigenvalue weighted by atomic mass is 10.1. The molecule has 1 N–H and O–H groups in total. The lowest BCUT2D eigenvalue weighted by molar-refractivity contribution is -0.125. The van der Waals surface area contributed by atoms with Crippen LogP contribution in [0.25, 0.3) is 0 Å². The minimum atomic E-state index is -0.655. The van der Waals surface area contributed by atoms with Crippen molar-refractivity contribution in [2.24, 2.45) is 11.3 Å². The van der Waals surface area contributed by atoms with E-state index in [0.29, 0.717) is 0 Å². The summed E-state index contributed by atoms with van der Waals surface area (Å²) in [4.78, 5) is 11.6. The number of hydrogen-bond acceptors (Lipinski definition) is 2. The Kier molecular flexibility index (Phi) is 2.22. The van der Waals surface area contributed by atoms with E-state index in [9.17, 15) is 4.79 Å². The topological polar surface area (TPSA) is 52.9 Å². The Labute approximate surface area is 84.5 Å². The van der Waals surface area contributed by atoms with Gasteiger partial charge in [0, 0.05) is 6.04 Å². The summed E-state index contributed by atoms with van der Waals surface area (Å²) in [5.41, 5.74) is -0.655. The summed E-state index contributed by atoms with van der Waals surface area (Å²) < 4.78 is 0. The lowest BCUT2D eigenvalue weighted by Gasteiger charge is -2.15. The van der Waals surface area contributed by atoms with Crippen molar-refractivity contribution in [3.05, 3.63) is 0 Å². The fourth-order valence-electron chi connectivity index (χ4n) is 1.79. The van der Waals surface area contributed by atoms with Gasteiger partial charge in [-0.1, -0.05) is 12.8 Å². The van der Waals surface area contributed by atoms with E-state index in [0.717, 1.165) is 25.2 Å². The van der Waals surface area contributed by atoms with E-state index >= 15 is 0 Å². The third-order valence-electron chi connectivity index (χ3n) is 3.16. The van der Waals surface area contributed by atoms with Crippen LogP contribution in [0.15, 0.2) is 0 Å². The summed E-state index contributed by atoms with van der Waals surface area (Å²) in [6.07, 6.45) is 5.18. The molecule has 0 aromatic rings. The van der Waals surface area contributed by atoms with Crippen molar-refractivity contribution < 1.29 is 4.79 Å². The van der Waals surface area contributed by atoms with Crippen LogP contribution in [0.5, 0.6) is 0 Å². The molecule has 2 rings (SSSR count). The Morgan fingerprint density at radius 2 is 2.29 bits per heavy atom. The molecule has 3 nitrogen and oxygen atoms in total. The molecule has 2 saturated carbocycles. The van der Waals surface area contributed by atoms with Crippen LogP contribution >= 0.6 is 0 Å². The van der Waals surface area contributed by atoms with Gasteiger partial charge >= 0.3 is 0 Å². The molecule has 1 unspecified atom stereocenters. The highest BCUT2D eigenvalue weighted by atomic mass is 16.2. The molecule has 2 aliphatic carbocycles. The zero-order chi connectivity index (χ0) is 10.2. The maximum atomic E-state index is 11.6. The molecule has 2 aliphatic rings. The Morgan fingerprint density at radius 1 is 1.64 bits per heavy atom. The highest BCUT2D eigenvalue weighted by Gasteiger charge is 2.50. The van der Waals surface area contributed by atoms with Crippen LogP contribution < -0.4 is 5.32 Å². The summed E-state index contributed by atoms with van der Waals surface area (Å²) in [7, 11) is 0. The number of carbonyl (C=O) groups is 1. The van der Waals surface area contributed by atoms with Gasteiger partial charge in [0.1, 0.15) is 5.41 Å². The monoisotopic (exact) mass is 192 g/mol. The molecule has 1 amide bonds. The SMILES string of the molecule is CC(CC1CC1)NC(=O)C1(C#N)CC1. The van der Waals surface area contributed by atoms with Crippen molar-refractivity contribution in [3.63, 3.8) is 0 Å². The van der Waals surface area contributed by atoms with Crippen molar-refractivity contribution in [1.82, 2.24) is 5.32 Å².